The molecule has 0 aromatic heterocycles. The summed E-state index contributed by atoms with van der Waals surface area (Å²) in [5.74, 6) is 2.61. The van der Waals surface area contributed by atoms with E-state index in [4.69, 9.17) is 14.2 Å². The number of nitrogens with zero attached hydrogens (tertiary/aromatic N) is 1. The summed E-state index contributed by atoms with van der Waals surface area (Å²) in [7, 11) is 1.07. The van der Waals surface area contributed by atoms with Crippen molar-refractivity contribution in [3.05, 3.63) is 48.0 Å². The maximum Gasteiger partial charge on any atom is 0.244 e. The first-order valence-corrected chi connectivity index (χ1v) is 10.5. The summed E-state index contributed by atoms with van der Waals surface area (Å²) in [5, 5.41) is -0.344. The average molecular weight is 396 g/mol. The summed E-state index contributed by atoms with van der Waals surface area (Å²) in [6, 6.07) is 11.9. The molecule has 26 heavy (non-hydrogen) atoms. The van der Waals surface area contributed by atoms with Crippen molar-refractivity contribution in [1.82, 2.24) is 4.31 Å². The SMILES string of the molecule is COc1ccc(S(=O)(=O)N2CCS[C@@H]2c2ccc(OC)cc2OC)cc1. The summed E-state index contributed by atoms with van der Waals surface area (Å²) >= 11 is 1.58. The van der Waals surface area contributed by atoms with Crippen LogP contribution in [0.3, 0.4) is 0 Å². The van der Waals surface area contributed by atoms with Gasteiger partial charge in [-0.25, -0.2) is 8.42 Å². The lowest BCUT2D eigenvalue weighted by Crippen LogP contribution is -2.30. The van der Waals surface area contributed by atoms with Crippen molar-refractivity contribution >= 4 is 21.8 Å². The minimum atomic E-state index is -3.63. The lowest BCUT2D eigenvalue weighted by molar-refractivity contribution is 0.379. The van der Waals surface area contributed by atoms with Crippen LogP contribution in [0.2, 0.25) is 0 Å². The summed E-state index contributed by atoms with van der Waals surface area (Å²) in [6.07, 6.45) is 0. The van der Waals surface area contributed by atoms with Crippen LogP contribution < -0.4 is 14.2 Å². The highest BCUT2D eigenvalue weighted by Gasteiger charge is 2.38. The first-order chi connectivity index (χ1) is 12.5. The minimum Gasteiger partial charge on any atom is -0.497 e. The molecule has 140 valence electrons. The zero-order valence-electron chi connectivity index (χ0n) is 14.8. The molecular weight excluding hydrogens is 374 g/mol. The number of hydrogen-bond acceptors (Lipinski definition) is 6. The van der Waals surface area contributed by atoms with E-state index < -0.39 is 10.0 Å². The van der Waals surface area contributed by atoms with E-state index in [0.29, 0.717) is 23.8 Å². The largest absolute Gasteiger partial charge is 0.497 e. The molecule has 0 aliphatic carbocycles. The number of ether oxygens (including phenoxy) is 3. The molecule has 1 aliphatic rings. The summed E-state index contributed by atoms with van der Waals surface area (Å²) in [6.45, 7) is 0.443. The predicted molar refractivity (Wildman–Crippen MR) is 102 cm³/mol. The number of rotatable bonds is 6. The van der Waals surface area contributed by atoms with Crippen LogP contribution in [0.25, 0.3) is 0 Å². The van der Waals surface area contributed by atoms with Crippen LogP contribution in [0, 0.1) is 0 Å². The van der Waals surface area contributed by atoms with Gasteiger partial charge in [-0.3, -0.25) is 0 Å². The highest BCUT2D eigenvalue weighted by molar-refractivity contribution is 8.01. The van der Waals surface area contributed by atoms with Crippen LogP contribution in [0.15, 0.2) is 47.4 Å². The normalized spacial score (nSPS) is 17.9. The molecule has 3 rings (SSSR count). The Kier molecular flexibility index (Phi) is 5.64. The zero-order valence-corrected chi connectivity index (χ0v) is 16.5. The molecule has 2 aromatic rings. The van der Waals surface area contributed by atoms with Crippen molar-refractivity contribution < 1.29 is 22.6 Å². The first-order valence-electron chi connectivity index (χ1n) is 8.00. The molecule has 1 fully saturated rings. The predicted octanol–water partition coefficient (Wildman–Crippen LogP) is 3.15. The number of hydrogen-bond donors (Lipinski definition) is 0. The molecule has 0 amide bonds. The molecule has 0 radical (unpaired) electrons. The Morgan fingerprint density at radius 3 is 2.23 bits per heavy atom. The third kappa shape index (κ3) is 3.49. The Morgan fingerprint density at radius 1 is 0.962 bits per heavy atom. The second kappa shape index (κ2) is 7.77. The molecule has 1 atom stereocenters. The molecule has 0 saturated carbocycles. The van der Waals surface area contributed by atoms with Gasteiger partial charge in [0.05, 0.1) is 31.6 Å². The molecule has 1 heterocycles. The standard InChI is InChI=1S/C18H21NO5S2/c1-22-13-4-7-15(8-5-13)26(20,21)19-10-11-25-18(19)16-9-6-14(23-2)12-17(16)24-3/h4-9,12,18H,10-11H2,1-3H3/t18-/m1/s1. The molecule has 0 unspecified atom stereocenters. The van der Waals surface area contributed by atoms with Crippen LogP contribution in [0.5, 0.6) is 17.2 Å². The van der Waals surface area contributed by atoms with Gasteiger partial charge >= 0.3 is 0 Å². The van der Waals surface area contributed by atoms with E-state index in [1.54, 1.807) is 63.4 Å². The molecule has 1 saturated heterocycles. The smallest absolute Gasteiger partial charge is 0.244 e. The van der Waals surface area contributed by atoms with Crippen LogP contribution in [0.1, 0.15) is 10.9 Å². The Labute approximate surface area is 158 Å². The number of benzene rings is 2. The molecule has 2 aromatic carbocycles. The topological polar surface area (TPSA) is 65.1 Å². The third-order valence-electron chi connectivity index (χ3n) is 4.22. The first kappa shape index (κ1) is 18.9. The van der Waals surface area contributed by atoms with Crippen LogP contribution in [-0.4, -0.2) is 46.4 Å². The van der Waals surface area contributed by atoms with E-state index >= 15 is 0 Å². The number of thioether (sulfide) groups is 1. The highest BCUT2D eigenvalue weighted by Crippen LogP contribution is 2.45. The fraction of sp³-hybridized carbons (Fsp3) is 0.333. The monoisotopic (exact) mass is 395 g/mol. The number of methoxy groups -OCH3 is 3. The molecular formula is C18H21NO5S2. The van der Waals surface area contributed by atoms with E-state index in [-0.39, 0.29) is 10.3 Å². The van der Waals surface area contributed by atoms with Gasteiger partial charge in [-0.15, -0.1) is 11.8 Å². The lowest BCUT2D eigenvalue weighted by atomic mass is 10.2. The van der Waals surface area contributed by atoms with Gasteiger partial charge in [0.1, 0.15) is 17.2 Å². The van der Waals surface area contributed by atoms with Crippen molar-refractivity contribution in [3.63, 3.8) is 0 Å². The third-order valence-corrected chi connectivity index (χ3v) is 7.48. The van der Waals surface area contributed by atoms with Crippen LogP contribution >= 0.6 is 11.8 Å². The van der Waals surface area contributed by atoms with Gasteiger partial charge < -0.3 is 14.2 Å². The Balaban J connectivity index is 1.97. The second-order valence-electron chi connectivity index (χ2n) is 5.62. The Hall–Kier alpha value is -1.90. The maximum atomic E-state index is 13.1. The van der Waals surface area contributed by atoms with Gasteiger partial charge in [-0.05, 0) is 36.4 Å². The fourth-order valence-corrected chi connectivity index (χ4v) is 6.11. The highest BCUT2D eigenvalue weighted by atomic mass is 32.2. The molecule has 6 nitrogen and oxygen atoms in total. The van der Waals surface area contributed by atoms with Gasteiger partial charge in [0.15, 0.2) is 0 Å². The molecule has 0 N–H and O–H groups in total. The van der Waals surface area contributed by atoms with Crippen molar-refractivity contribution in [2.45, 2.75) is 10.3 Å². The van der Waals surface area contributed by atoms with Crippen LogP contribution in [-0.2, 0) is 10.0 Å². The van der Waals surface area contributed by atoms with E-state index in [9.17, 15) is 8.42 Å². The second-order valence-corrected chi connectivity index (χ2v) is 8.70. The zero-order chi connectivity index (χ0) is 18.7. The maximum absolute atomic E-state index is 13.1. The van der Waals surface area contributed by atoms with E-state index in [2.05, 4.69) is 0 Å². The van der Waals surface area contributed by atoms with Gasteiger partial charge in [0.25, 0.3) is 0 Å². The minimum absolute atomic E-state index is 0.248. The van der Waals surface area contributed by atoms with Crippen molar-refractivity contribution in [3.8, 4) is 17.2 Å². The summed E-state index contributed by atoms with van der Waals surface area (Å²) in [5.41, 5.74) is 0.813. The van der Waals surface area contributed by atoms with Crippen molar-refractivity contribution in [2.24, 2.45) is 0 Å². The summed E-state index contributed by atoms with van der Waals surface area (Å²) < 4.78 is 43.6. The lowest BCUT2D eigenvalue weighted by Gasteiger charge is -2.25. The summed E-state index contributed by atoms with van der Waals surface area (Å²) in [4.78, 5) is 0.248. The van der Waals surface area contributed by atoms with E-state index in [0.717, 1.165) is 11.3 Å². The van der Waals surface area contributed by atoms with Crippen molar-refractivity contribution in [1.29, 1.82) is 0 Å². The Morgan fingerprint density at radius 2 is 1.62 bits per heavy atom. The van der Waals surface area contributed by atoms with Gasteiger partial charge in [-0.2, -0.15) is 4.31 Å². The molecule has 1 aliphatic heterocycles. The fourth-order valence-electron chi connectivity index (χ4n) is 2.85. The molecule has 0 spiro atoms. The van der Waals surface area contributed by atoms with Crippen LogP contribution in [0.4, 0.5) is 0 Å². The Bertz CT molecular complexity index is 868. The van der Waals surface area contributed by atoms with Gasteiger partial charge in [0, 0.05) is 23.9 Å². The molecule has 8 heteroatoms. The van der Waals surface area contributed by atoms with E-state index in [1.165, 1.54) is 4.31 Å². The van der Waals surface area contributed by atoms with E-state index in [1.807, 2.05) is 12.1 Å². The number of sulfonamides is 1. The average Bonchev–Trinajstić information content (AvgIpc) is 3.18. The van der Waals surface area contributed by atoms with Gasteiger partial charge in [0.2, 0.25) is 10.0 Å². The van der Waals surface area contributed by atoms with Crippen molar-refractivity contribution in [2.75, 3.05) is 33.6 Å². The quantitative estimate of drug-likeness (QED) is 0.749. The molecule has 0 bridgehead atoms. The van der Waals surface area contributed by atoms with Gasteiger partial charge in [-0.1, -0.05) is 0 Å².